The van der Waals surface area contributed by atoms with Gasteiger partial charge in [0, 0.05) is 18.2 Å². The van der Waals surface area contributed by atoms with Crippen molar-refractivity contribution < 1.29 is 14.9 Å². The van der Waals surface area contributed by atoms with E-state index in [2.05, 4.69) is 24.8 Å². The van der Waals surface area contributed by atoms with Crippen LogP contribution in [0.2, 0.25) is 0 Å². The summed E-state index contributed by atoms with van der Waals surface area (Å²) in [6.45, 7) is 5.84. The van der Waals surface area contributed by atoms with Gasteiger partial charge in [0.25, 0.3) is 0 Å². The van der Waals surface area contributed by atoms with Crippen LogP contribution in [0.1, 0.15) is 48.5 Å². The second-order valence-electron chi connectivity index (χ2n) is 6.65. The minimum absolute atomic E-state index is 0.00791. The normalized spacial score (nSPS) is 29.0. The van der Waals surface area contributed by atoms with Crippen molar-refractivity contribution in [3.05, 3.63) is 28.8 Å². The Morgan fingerprint density at radius 2 is 2.09 bits per heavy atom. The number of rotatable bonds is 3. The van der Waals surface area contributed by atoms with Crippen molar-refractivity contribution in [2.75, 3.05) is 19.8 Å². The molecule has 0 aliphatic carbocycles. The zero-order valence-electron chi connectivity index (χ0n) is 13.6. The summed E-state index contributed by atoms with van der Waals surface area (Å²) in [6.07, 6.45) is 3.74. The minimum Gasteiger partial charge on any atom is -0.491 e. The van der Waals surface area contributed by atoms with Gasteiger partial charge in [0.05, 0.1) is 6.04 Å². The molecule has 0 spiro atoms. The van der Waals surface area contributed by atoms with Crippen molar-refractivity contribution in [1.82, 2.24) is 4.90 Å². The van der Waals surface area contributed by atoms with Gasteiger partial charge in [-0.15, -0.1) is 0 Å². The fourth-order valence-corrected chi connectivity index (χ4v) is 3.90. The topological polar surface area (TPSA) is 52.9 Å². The number of fused-ring (bicyclic) bond motifs is 1. The average molecular weight is 305 g/mol. The molecule has 1 fully saturated rings. The van der Waals surface area contributed by atoms with Crippen LogP contribution in [-0.4, -0.2) is 47.0 Å². The molecule has 3 unspecified atom stereocenters. The predicted molar refractivity (Wildman–Crippen MR) is 86.2 cm³/mol. The number of aryl methyl sites for hydroxylation is 1. The molecule has 0 bridgehead atoms. The quantitative estimate of drug-likeness (QED) is 0.900. The Hall–Kier alpha value is -1.10. The summed E-state index contributed by atoms with van der Waals surface area (Å²) in [4.78, 5) is 2.36. The number of nitrogens with zero attached hydrogens (tertiary/aromatic N) is 1. The Morgan fingerprint density at radius 3 is 2.86 bits per heavy atom. The maximum absolute atomic E-state index is 10.9. The van der Waals surface area contributed by atoms with Crippen LogP contribution in [0.25, 0.3) is 0 Å². The summed E-state index contributed by atoms with van der Waals surface area (Å²) in [6, 6.07) is 4.41. The number of aliphatic hydroxyl groups is 2. The van der Waals surface area contributed by atoms with Crippen LogP contribution < -0.4 is 4.74 Å². The molecule has 0 saturated carbocycles. The lowest BCUT2D eigenvalue weighted by molar-refractivity contribution is -0.0334. The smallest absolute Gasteiger partial charge is 0.128 e. The van der Waals surface area contributed by atoms with E-state index in [-0.39, 0.29) is 12.6 Å². The van der Waals surface area contributed by atoms with Gasteiger partial charge >= 0.3 is 0 Å². The number of likely N-dealkylation sites (tertiary alicyclic amines) is 1. The van der Waals surface area contributed by atoms with E-state index in [4.69, 9.17) is 4.74 Å². The molecule has 2 aliphatic heterocycles. The number of hydrogen-bond acceptors (Lipinski definition) is 4. The van der Waals surface area contributed by atoms with E-state index < -0.39 is 6.10 Å². The first-order valence-corrected chi connectivity index (χ1v) is 8.41. The number of ether oxygens (including phenoxy) is 1. The second kappa shape index (κ2) is 6.57. The van der Waals surface area contributed by atoms with Crippen molar-refractivity contribution in [3.63, 3.8) is 0 Å². The second-order valence-corrected chi connectivity index (χ2v) is 6.65. The summed E-state index contributed by atoms with van der Waals surface area (Å²) in [5, 5.41) is 20.2. The van der Waals surface area contributed by atoms with Crippen molar-refractivity contribution in [2.24, 2.45) is 0 Å². The lowest BCUT2D eigenvalue weighted by atomic mass is 9.90. The lowest BCUT2D eigenvalue weighted by Crippen LogP contribution is -2.53. The highest BCUT2D eigenvalue weighted by atomic mass is 16.5. The van der Waals surface area contributed by atoms with E-state index in [1.54, 1.807) is 0 Å². The van der Waals surface area contributed by atoms with Crippen molar-refractivity contribution >= 4 is 0 Å². The third-order valence-electron chi connectivity index (χ3n) is 5.35. The molecular formula is C18H27NO3. The molecule has 1 aromatic carbocycles. The Kier molecular flexibility index (Phi) is 4.71. The Labute approximate surface area is 132 Å². The van der Waals surface area contributed by atoms with Crippen LogP contribution in [0.15, 0.2) is 12.1 Å². The van der Waals surface area contributed by atoms with E-state index in [1.807, 2.05) is 6.07 Å². The minimum atomic E-state index is -0.512. The molecule has 0 amide bonds. The first kappa shape index (κ1) is 15.8. The molecule has 2 aliphatic rings. The fourth-order valence-electron chi connectivity index (χ4n) is 3.90. The van der Waals surface area contributed by atoms with Crippen LogP contribution >= 0.6 is 0 Å². The molecule has 0 aromatic heterocycles. The van der Waals surface area contributed by atoms with Gasteiger partial charge in [-0.1, -0.05) is 18.6 Å². The summed E-state index contributed by atoms with van der Waals surface area (Å²) >= 11 is 0. The predicted octanol–water partition coefficient (Wildman–Crippen LogP) is 2.33. The van der Waals surface area contributed by atoms with Gasteiger partial charge in [-0.3, -0.25) is 4.90 Å². The van der Waals surface area contributed by atoms with Gasteiger partial charge in [-0.2, -0.15) is 0 Å². The molecule has 2 N–H and O–H groups in total. The molecule has 0 radical (unpaired) electrons. The first-order valence-electron chi connectivity index (χ1n) is 8.41. The number of hydrogen-bond donors (Lipinski definition) is 2. The highest BCUT2D eigenvalue weighted by molar-refractivity contribution is 5.48. The van der Waals surface area contributed by atoms with Crippen LogP contribution in [0.4, 0.5) is 0 Å². The van der Waals surface area contributed by atoms with Crippen LogP contribution in [0, 0.1) is 13.8 Å². The molecule has 2 heterocycles. The molecule has 4 nitrogen and oxygen atoms in total. The van der Waals surface area contributed by atoms with E-state index in [9.17, 15) is 10.2 Å². The van der Waals surface area contributed by atoms with E-state index in [0.29, 0.717) is 12.6 Å². The summed E-state index contributed by atoms with van der Waals surface area (Å²) in [7, 11) is 0. The van der Waals surface area contributed by atoms with Crippen LogP contribution in [-0.2, 0) is 0 Å². The number of piperidine rings is 1. The van der Waals surface area contributed by atoms with Crippen molar-refractivity contribution in [3.8, 4) is 5.75 Å². The molecule has 122 valence electrons. The Balaban J connectivity index is 1.85. The highest BCUT2D eigenvalue weighted by Gasteiger charge is 2.38. The summed E-state index contributed by atoms with van der Waals surface area (Å²) in [5.74, 6) is 0.861. The van der Waals surface area contributed by atoms with Crippen molar-refractivity contribution in [1.29, 1.82) is 0 Å². The van der Waals surface area contributed by atoms with Gasteiger partial charge < -0.3 is 14.9 Å². The van der Waals surface area contributed by atoms with Gasteiger partial charge in [-0.25, -0.2) is 0 Å². The molecule has 1 saturated heterocycles. The lowest BCUT2D eigenvalue weighted by Gasteiger charge is -2.45. The maximum atomic E-state index is 10.9. The molecule has 22 heavy (non-hydrogen) atoms. The Bertz CT molecular complexity index is 529. The monoisotopic (exact) mass is 305 g/mol. The van der Waals surface area contributed by atoms with Gasteiger partial charge in [0.1, 0.15) is 18.5 Å². The van der Waals surface area contributed by atoms with Gasteiger partial charge in [0.15, 0.2) is 0 Å². The molecular weight excluding hydrogens is 278 g/mol. The third kappa shape index (κ3) is 2.75. The first-order chi connectivity index (χ1) is 10.6. The average Bonchev–Trinajstić information content (AvgIpc) is 2.53. The zero-order chi connectivity index (χ0) is 15.7. The molecule has 3 atom stereocenters. The maximum Gasteiger partial charge on any atom is 0.128 e. The number of benzene rings is 1. The molecule has 1 aromatic rings. The van der Waals surface area contributed by atoms with Crippen LogP contribution in [0.3, 0.4) is 0 Å². The highest BCUT2D eigenvalue weighted by Crippen LogP contribution is 2.39. The van der Waals surface area contributed by atoms with E-state index >= 15 is 0 Å². The Morgan fingerprint density at radius 1 is 1.27 bits per heavy atom. The summed E-state index contributed by atoms with van der Waals surface area (Å²) < 4.78 is 6.03. The SMILES string of the molecule is Cc1ccc2c(c1C)OCC(N1CCCCC1CCO)C2O. The third-order valence-corrected chi connectivity index (χ3v) is 5.35. The largest absolute Gasteiger partial charge is 0.491 e. The zero-order valence-corrected chi connectivity index (χ0v) is 13.6. The molecule has 3 rings (SSSR count). The van der Waals surface area contributed by atoms with E-state index in [0.717, 1.165) is 42.7 Å². The van der Waals surface area contributed by atoms with Crippen molar-refractivity contribution in [2.45, 2.75) is 57.7 Å². The van der Waals surface area contributed by atoms with Gasteiger partial charge in [-0.05, 0) is 50.8 Å². The summed E-state index contributed by atoms with van der Waals surface area (Å²) in [5.41, 5.74) is 3.23. The standard InChI is InChI=1S/C18H27NO3/c1-12-6-7-15-17(21)16(11-22-18(15)13(12)2)19-9-4-3-5-14(19)8-10-20/h6-7,14,16-17,20-21H,3-5,8-11H2,1-2H3. The van der Waals surface area contributed by atoms with Gasteiger partial charge in [0.2, 0.25) is 0 Å². The van der Waals surface area contributed by atoms with E-state index in [1.165, 1.54) is 12.0 Å². The van der Waals surface area contributed by atoms with Crippen LogP contribution in [0.5, 0.6) is 5.75 Å². The number of aliphatic hydroxyl groups excluding tert-OH is 2. The molecule has 4 heteroatoms. The fraction of sp³-hybridized carbons (Fsp3) is 0.667.